The van der Waals surface area contributed by atoms with E-state index in [-0.39, 0.29) is 12.1 Å². The zero-order chi connectivity index (χ0) is 23.3. The Morgan fingerprint density at radius 2 is 1.81 bits per heavy atom. The van der Waals surface area contributed by atoms with Crippen molar-refractivity contribution in [3.05, 3.63) is 77.5 Å². The Balaban J connectivity index is 1.75. The Morgan fingerprint density at radius 3 is 2.50 bits per heavy atom. The number of aromatic nitrogens is 1. The molecule has 5 heteroatoms. The Morgan fingerprint density at radius 1 is 1.06 bits per heavy atom. The van der Waals surface area contributed by atoms with Crippen LogP contribution >= 0.6 is 0 Å². The Hall–Kier alpha value is -3.34. The fourth-order valence-electron chi connectivity index (χ4n) is 3.37. The van der Waals surface area contributed by atoms with Gasteiger partial charge in [-0.15, -0.1) is 0 Å². The first-order valence-corrected chi connectivity index (χ1v) is 10.9. The molecule has 0 bridgehead atoms. The minimum atomic E-state index is -0.536. The molecule has 2 aromatic carbocycles. The van der Waals surface area contributed by atoms with E-state index >= 15 is 0 Å². The minimum Gasteiger partial charge on any atom is -0.491 e. The molecular weight excluding hydrogens is 400 g/mol. The number of carbonyl (C=O) groups excluding carboxylic acids is 1. The molecule has 0 spiro atoms. The van der Waals surface area contributed by atoms with Gasteiger partial charge in [0.05, 0.1) is 29.2 Å². The highest BCUT2D eigenvalue weighted by Crippen LogP contribution is 2.27. The largest absolute Gasteiger partial charge is 0.491 e. The second-order valence-electron chi connectivity index (χ2n) is 9.10. The third-order valence-electron chi connectivity index (χ3n) is 4.68. The summed E-state index contributed by atoms with van der Waals surface area (Å²) in [4.78, 5) is 17.2. The summed E-state index contributed by atoms with van der Waals surface area (Å²) >= 11 is 0. The highest BCUT2D eigenvalue weighted by atomic mass is 16.6. The molecular formula is C27H32N2O3. The standard InChI is InChI=1S/C27H32N2O3/c1-18(2)31-23-12-9-11-20(15-23)25-19(3)14-22(17-29-25)28-16-21-10-7-8-13-24(21)26(30)32-27(4,5)6/h7-15,17-18,28H,16H2,1-6H3. The molecule has 32 heavy (non-hydrogen) atoms. The summed E-state index contributed by atoms with van der Waals surface area (Å²) < 4.78 is 11.4. The van der Waals surface area contributed by atoms with Gasteiger partial charge in [-0.2, -0.15) is 0 Å². The molecule has 0 radical (unpaired) electrons. The molecule has 1 aromatic heterocycles. The van der Waals surface area contributed by atoms with Crippen molar-refractivity contribution >= 4 is 11.7 Å². The molecule has 1 heterocycles. The van der Waals surface area contributed by atoms with Crippen LogP contribution < -0.4 is 10.1 Å². The van der Waals surface area contributed by atoms with Crippen LogP contribution in [0.2, 0.25) is 0 Å². The van der Waals surface area contributed by atoms with Crippen molar-refractivity contribution in [3.63, 3.8) is 0 Å². The van der Waals surface area contributed by atoms with Crippen molar-refractivity contribution in [2.75, 3.05) is 5.32 Å². The first-order valence-electron chi connectivity index (χ1n) is 10.9. The van der Waals surface area contributed by atoms with E-state index < -0.39 is 5.60 Å². The van der Waals surface area contributed by atoms with Gasteiger partial charge in [-0.25, -0.2) is 4.79 Å². The van der Waals surface area contributed by atoms with Crippen LogP contribution in [0.15, 0.2) is 60.8 Å². The lowest BCUT2D eigenvalue weighted by molar-refractivity contribution is 0.00684. The molecule has 0 saturated carbocycles. The minimum absolute atomic E-state index is 0.120. The predicted molar refractivity (Wildman–Crippen MR) is 129 cm³/mol. The van der Waals surface area contributed by atoms with Crippen molar-refractivity contribution in [3.8, 4) is 17.0 Å². The maximum Gasteiger partial charge on any atom is 0.338 e. The van der Waals surface area contributed by atoms with Gasteiger partial charge in [0, 0.05) is 12.1 Å². The van der Waals surface area contributed by atoms with Crippen LogP contribution in [0.1, 0.15) is 56.1 Å². The molecule has 0 aliphatic heterocycles. The van der Waals surface area contributed by atoms with Crippen molar-refractivity contribution in [2.45, 2.75) is 59.8 Å². The first-order chi connectivity index (χ1) is 15.1. The summed E-state index contributed by atoms with van der Waals surface area (Å²) in [5, 5.41) is 3.38. The number of rotatable bonds is 7. The van der Waals surface area contributed by atoms with Crippen LogP contribution in [0, 0.1) is 6.92 Å². The lowest BCUT2D eigenvalue weighted by atomic mass is 10.1. The van der Waals surface area contributed by atoms with Gasteiger partial charge >= 0.3 is 5.97 Å². The fraction of sp³-hybridized carbons (Fsp3) is 0.333. The maximum absolute atomic E-state index is 12.6. The number of nitrogens with zero attached hydrogens (tertiary/aromatic N) is 1. The number of benzene rings is 2. The Labute approximate surface area is 190 Å². The lowest BCUT2D eigenvalue weighted by Crippen LogP contribution is -2.24. The van der Waals surface area contributed by atoms with Crippen molar-refractivity contribution in [2.24, 2.45) is 0 Å². The number of nitrogens with one attached hydrogen (secondary N) is 1. The van der Waals surface area contributed by atoms with Crippen molar-refractivity contribution < 1.29 is 14.3 Å². The number of ether oxygens (including phenoxy) is 2. The number of pyridine rings is 1. The molecule has 0 atom stereocenters. The normalized spacial score (nSPS) is 11.3. The number of anilines is 1. The molecule has 168 valence electrons. The molecule has 1 N–H and O–H groups in total. The zero-order valence-corrected chi connectivity index (χ0v) is 19.7. The highest BCUT2D eigenvalue weighted by molar-refractivity contribution is 5.91. The molecule has 3 rings (SSSR count). The third kappa shape index (κ3) is 6.33. The van der Waals surface area contributed by atoms with E-state index in [1.165, 1.54) is 0 Å². The molecule has 0 unspecified atom stereocenters. The average molecular weight is 433 g/mol. The zero-order valence-electron chi connectivity index (χ0n) is 19.7. The van der Waals surface area contributed by atoms with Gasteiger partial charge in [0.1, 0.15) is 11.4 Å². The van der Waals surface area contributed by atoms with Gasteiger partial charge in [0.2, 0.25) is 0 Å². The second-order valence-corrected chi connectivity index (χ2v) is 9.10. The number of hydrogen-bond acceptors (Lipinski definition) is 5. The van der Waals surface area contributed by atoms with E-state index in [0.717, 1.165) is 33.8 Å². The summed E-state index contributed by atoms with van der Waals surface area (Å²) in [5.74, 6) is 0.516. The number of hydrogen-bond donors (Lipinski definition) is 1. The van der Waals surface area contributed by atoms with Crippen LogP contribution in [0.5, 0.6) is 5.75 Å². The van der Waals surface area contributed by atoms with E-state index in [0.29, 0.717) is 12.1 Å². The number of aryl methyl sites for hydroxylation is 1. The van der Waals surface area contributed by atoms with Gasteiger partial charge < -0.3 is 14.8 Å². The van der Waals surface area contributed by atoms with Crippen LogP contribution in [0.25, 0.3) is 11.3 Å². The van der Waals surface area contributed by atoms with Crippen LogP contribution in [-0.2, 0) is 11.3 Å². The average Bonchev–Trinajstić information content (AvgIpc) is 2.71. The van der Waals surface area contributed by atoms with E-state index in [1.807, 2.05) is 90.2 Å². The summed E-state index contributed by atoms with van der Waals surface area (Å²) in [6.45, 7) is 12.2. The molecule has 0 aliphatic carbocycles. The molecule has 0 saturated heterocycles. The lowest BCUT2D eigenvalue weighted by Gasteiger charge is -2.20. The molecule has 0 aliphatic rings. The maximum atomic E-state index is 12.6. The Kier molecular flexibility index (Phi) is 7.18. The van der Waals surface area contributed by atoms with Crippen LogP contribution in [0.3, 0.4) is 0 Å². The SMILES string of the molecule is Cc1cc(NCc2ccccc2C(=O)OC(C)(C)C)cnc1-c1cccc(OC(C)C)c1. The van der Waals surface area contributed by atoms with Gasteiger partial charge in [-0.1, -0.05) is 30.3 Å². The van der Waals surface area contributed by atoms with E-state index in [1.54, 1.807) is 6.07 Å². The monoisotopic (exact) mass is 432 g/mol. The fourth-order valence-corrected chi connectivity index (χ4v) is 3.37. The summed E-state index contributed by atoms with van der Waals surface area (Å²) in [6.07, 6.45) is 1.93. The van der Waals surface area contributed by atoms with Crippen LogP contribution in [0.4, 0.5) is 5.69 Å². The third-order valence-corrected chi connectivity index (χ3v) is 4.68. The van der Waals surface area contributed by atoms with Gasteiger partial charge in [-0.3, -0.25) is 4.98 Å². The van der Waals surface area contributed by atoms with Crippen molar-refractivity contribution in [1.82, 2.24) is 4.98 Å². The van der Waals surface area contributed by atoms with Gasteiger partial charge in [0.15, 0.2) is 0 Å². The smallest absolute Gasteiger partial charge is 0.338 e. The van der Waals surface area contributed by atoms with E-state index in [9.17, 15) is 4.79 Å². The quantitative estimate of drug-likeness (QED) is 0.437. The summed E-state index contributed by atoms with van der Waals surface area (Å²) in [6, 6.07) is 17.5. The van der Waals surface area contributed by atoms with Crippen LogP contribution in [-0.4, -0.2) is 22.7 Å². The van der Waals surface area contributed by atoms with Gasteiger partial charge in [0.25, 0.3) is 0 Å². The first kappa shape index (κ1) is 23.3. The topological polar surface area (TPSA) is 60.5 Å². The predicted octanol–water partition coefficient (Wildman–Crippen LogP) is 6.41. The van der Waals surface area contributed by atoms with E-state index in [2.05, 4.69) is 16.4 Å². The summed E-state index contributed by atoms with van der Waals surface area (Å²) in [5.41, 5.74) is 4.78. The Bertz CT molecular complexity index is 1080. The molecule has 3 aromatic rings. The molecule has 0 fully saturated rings. The van der Waals surface area contributed by atoms with Gasteiger partial charge in [-0.05, 0) is 76.9 Å². The molecule has 0 amide bonds. The van der Waals surface area contributed by atoms with E-state index in [4.69, 9.17) is 9.47 Å². The number of carbonyl (C=O) groups is 1. The highest BCUT2D eigenvalue weighted by Gasteiger charge is 2.20. The second kappa shape index (κ2) is 9.86. The summed E-state index contributed by atoms with van der Waals surface area (Å²) in [7, 11) is 0. The molecule has 5 nitrogen and oxygen atoms in total. The van der Waals surface area contributed by atoms with Crippen molar-refractivity contribution in [1.29, 1.82) is 0 Å². The number of esters is 1.